The molecule has 2 heterocycles. The van der Waals surface area contributed by atoms with Gasteiger partial charge in [0.25, 0.3) is 0 Å². The van der Waals surface area contributed by atoms with Crippen LogP contribution >= 0.6 is 23.3 Å². The summed E-state index contributed by atoms with van der Waals surface area (Å²) in [6.07, 6.45) is 2.06. The van der Waals surface area contributed by atoms with Crippen LogP contribution in [-0.4, -0.2) is 51.8 Å². The van der Waals surface area contributed by atoms with Gasteiger partial charge < -0.3 is 14.2 Å². The summed E-state index contributed by atoms with van der Waals surface area (Å²) in [5, 5.41) is 1.91. The zero-order valence-electron chi connectivity index (χ0n) is 16.4. The average molecular weight is 423 g/mol. The summed E-state index contributed by atoms with van der Waals surface area (Å²) in [7, 11) is 4.76. The summed E-state index contributed by atoms with van der Waals surface area (Å²) in [6, 6.07) is 6.14. The molecule has 0 aliphatic carbocycles. The van der Waals surface area contributed by atoms with Crippen LogP contribution in [0.3, 0.4) is 0 Å². The van der Waals surface area contributed by atoms with Crippen LogP contribution in [0.4, 0.5) is 0 Å². The molecule has 1 aromatic carbocycles. The van der Waals surface area contributed by atoms with Gasteiger partial charge in [0.05, 0.1) is 21.3 Å². The lowest BCUT2D eigenvalue weighted by Crippen LogP contribution is -2.32. The molecule has 0 radical (unpaired) electrons. The molecule has 1 aliphatic heterocycles. The van der Waals surface area contributed by atoms with Crippen molar-refractivity contribution in [3.8, 4) is 11.5 Å². The Morgan fingerprint density at radius 1 is 1.21 bits per heavy atom. The van der Waals surface area contributed by atoms with Gasteiger partial charge in [-0.1, -0.05) is 0 Å². The molecule has 0 unspecified atom stereocenters. The van der Waals surface area contributed by atoms with Gasteiger partial charge in [-0.05, 0) is 66.0 Å². The van der Waals surface area contributed by atoms with Gasteiger partial charge >= 0.3 is 5.97 Å². The van der Waals surface area contributed by atoms with Crippen molar-refractivity contribution in [1.82, 2.24) is 9.62 Å². The fraction of sp³-hybridized carbons (Fsp3) is 0.450. The van der Waals surface area contributed by atoms with Crippen molar-refractivity contribution in [3.63, 3.8) is 0 Å². The number of benzene rings is 1. The first-order valence-corrected chi connectivity index (χ1v) is 10.9. The number of carbonyl (C=O) groups excluding carboxylic acids is 1. The van der Waals surface area contributed by atoms with E-state index in [0.717, 1.165) is 55.4 Å². The predicted molar refractivity (Wildman–Crippen MR) is 113 cm³/mol. The first-order chi connectivity index (χ1) is 13.7. The predicted octanol–water partition coefficient (Wildman–Crippen LogP) is 3.60. The summed E-state index contributed by atoms with van der Waals surface area (Å²) in [6.45, 7) is 3.87. The van der Waals surface area contributed by atoms with E-state index in [-0.39, 0.29) is 5.97 Å². The fourth-order valence-electron chi connectivity index (χ4n) is 3.26. The number of nitrogens with zero attached hydrogens (tertiary/aromatic N) is 1. The minimum atomic E-state index is -0.279. The lowest BCUT2D eigenvalue weighted by atomic mass is 9.98. The normalized spacial score (nSPS) is 13.8. The van der Waals surface area contributed by atoms with E-state index in [9.17, 15) is 4.79 Å². The van der Waals surface area contributed by atoms with Gasteiger partial charge in [0, 0.05) is 24.5 Å². The zero-order chi connectivity index (χ0) is 19.9. The van der Waals surface area contributed by atoms with Crippen LogP contribution in [-0.2, 0) is 17.7 Å². The highest BCUT2D eigenvalue weighted by Crippen LogP contribution is 2.33. The van der Waals surface area contributed by atoms with E-state index >= 15 is 0 Å². The molecule has 0 bridgehead atoms. The Hall–Kier alpha value is -1.74. The van der Waals surface area contributed by atoms with Gasteiger partial charge in [0.15, 0.2) is 11.5 Å². The Morgan fingerprint density at radius 2 is 1.96 bits per heavy atom. The minimum Gasteiger partial charge on any atom is -0.493 e. The molecule has 1 aromatic heterocycles. The van der Waals surface area contributed by atoms with Crippen LogP contribution in [0.5, 0.6) is 11.5 Å². The summed E-state index contributed by atoms with van der Waals surface area (Å²) < 4.78 is 19.0. The van der Waals surface area contributed by atoms with Gasteiger partial charge in [0.1, 0.15) is 4.88 Å². The second-order valence-corrected chi connectivity index (χ2v) is 8.31. The van der Waals surface area contributed by atoms with E-state index in [0.29, 0.717) is 4.88 Å². The lowest BCUT2D eigenvalue weighted by Gasteiger charge is -2.29. The Morgan fingerprint density at radius 3 is 2.68 bits per heavy atom. The van der Waals surface area contributed by atoms with Crippen molar-refractivity contribution in [2.45, 2.75) is 24.3 Å². The first-order valence-electron chi connectivity index (χ1n) is 9.18. The van der Waals surface area contributed by atoms with Crippen LogP contribution in [0.25, 0.3) is 0 Å². The van der Waals surface area contributed by atoms with Crippen LogP contribution < -0.4 is 14.2 Å². The smallest absolute Gasteiger partial charge is 0.349 e. The number of hydrogen-bond acceptors (Lipinski definition) is 8. The third-order valence-electron chi connectivity index (χ3n) is 4.73. The molecule has 8 heteroatoms. The van der Waals surface area contributed by atoms with Crippen LogP contribution in [0.1, 0.15) is 27.2 Å². The number of esters is 1. The molecular formula is C20H26N2O4S2. The molecule has 0 fully saturated rings. The molecule has 28 heavy (non-hydrogen) atoms. The fourth-order valence-corrected chi connectivity index (χ4v) is 5.03. The molecule has 2 aromatic rings. The van der Waals surface area contributed by atoms with Crippen molar-refractivity contribution in [1.29, 1.82) is 0 Å². The Balaban J connectivity index is 1.44. The van der Waals surface area contributed by atoms with Crippen molar-refractivity contribution < 1.29 is 19.0 Å². The van der Waals surface area contributed by atoms with Gasteiger partial charge in [-0.15, -0.1) is 11.3 Å². The van der Waals surface area contributed by atoms with Crippen LogP contribution in [0, 0.1) is 0 Å². The van der Waals surface area contributed by atoms with E-state index < -0.39 is 0 Å². The van der Waals surface area contributed by atoms with Gasteiger partial charge in [-0.25, -0.2) is 4.79 Å². The van der Waals surface area contributed by atoms with Gasteiger partial charge in [-0.2, -0.15) is 0 Å². The number of ether oxygens (including phenoxy) is 3. The number of rotatable bonds is 9. The molecule has 1 N–H and O–H groups in total. The standard InChI is InChI=1S/C20H26N2O4S2/c1-24-16-11-14-5-9-22(13-15(14)12-17(16)25-2)8-4-7-21-28-18-6-10-27-19(18)20(23)26-3/h6,10-12,21H,4-5,7-9,13H2,1-3H3. The van der Waals surface area contributed by atoms with E-state index in [4.69, 9.17) is 14.2 Å². The topological polar surface area (TPSA) is 60.0 Å². The van der Waals surface area contributed by atoms with Crippen molar-refractivity contribution in [3.05, 3.63) is 39.6 Å². The third kappa shape index (κ3) is 5.00. The quantitative estimate of drug-likeness (QED) is 0.376. The van der Waals surface area contributed by atoms with Crippen molar-refractivity contribution in [2.24, 2.45) is 0 Å². The summed E-state index contributed by atoms with van der Waals surface area (Å²) in [5.74, 6) is 1.31. The monoisotopic (exact) mass is 422 g/mol. The summed E-state index contributed by atoms with van der Waals surface area (Å²) in [4.78, 5) is 15.7. The minimum absolute atomic E-state index is 0.279. The molecule has 0 saturated carbocycles. The molecule has 1 aliphatic rings. The SMILES string of the molecule is COC(=O)c1sccc1SNCCCN1CCc2cc(OC)c(OC)cc2C1. The number of carbonyl (C=O) groups is 1. The number of hydrogen-bond donors (Lipinski definition) is 1. The van der Waals surface area contributed by atoms with Crippen LogP contribution in [0.15, 0.2) is 28.5 Å². The zero-order valence-corrected chi connectivity index (χ0v) is 18.1. The van der Waals surface area contributed by atoms with E-state index in [1.807, 2.05) is 11.4 Å². The highest BCUT2D eigenvalue weighted by Gasteiger charge is 2.19. The molecular weight excluding hydrogens is 396 g/mol. The summed E-state index contributed by atoms with van der Waals surface area (Å²) in [5.41, 5.74) is 2.66. The number of nitrogens with one attached hydrogen (secondary N) is 1. The molecule has 3 rings (SSSR count). The van der Waals surface area contributed by atoms with Crippen molar-refractivity contribution in [2.75, 3.05) is 41.0 Å². The highest BCUT2D eigenvalue weighted by molar-refractivity contribution is 7.97. The third-order valence-corrected chi connectivity index (χ3v) is 6.66. The second kappa shape index (κ2) is 10.2. The Kier molecular flexibility index (Phi) is 7.61. The number of thiophene rings is 1. The molecule has 0 spiro atoms. The largest absolute Gasteiger partial charge is 0.493 e. The molecule has 0 atom stereocenters. The molecule has 0 saturated heterocycles. The van der Waals surface area contributed by atoms with Gasteiger partial charge in [-0.3, -0.25) is 9.62 Å². The number of methoxy groups -OCH3 is 3. The maximum absolute atomic E-state index is 11.7. The average Bonchev–Trinajstić information content (AvgIpc) is 3.20. The van der Waals surface area contributed by atoms with Crippen LogP contribution in [0.2, 0.25) is 0 Å². The Labute approximate surface area is 174 Å². The first kappa shape index (κ1) is 21.0. The molecule has 6 nitrogen and oxygen atoms in total. The Bertz CT molecular complexity index is 809. The van der Waals surface area contributed by atoms with E-state index in [2.05, 4.69) is 21.8 Å². The maximum Gasteiger partial charge on any atom is 0.349 e. The highest BCUT2D eigenvalue weighted by atomic mass is 32.2. The summed E-state index contributed by atoms with van der Waals surface area (Å²) >= 11 is 2.90. The van der Waals surface area contributed by atoms with E-state index in [1.54, 1.807) is 14.2 Å². The maximum atomic E-state index is 11.7. The number of fused-ring (bicyclic) bond motifs is 1. The van der Waals surface area contributed by atoms with E-state index in [1.165, 1.54) is 41.5 Å². The second-order valence-electron chi connectivity index (χ2n) is 6.46. The van der Waals surface area contributed by atoms with Crippen molar-refractivity contribution >= 4 is 29.3 Å². The molecule has 152 valence electrons. The molecule has 0 amide bonds. The van der Waals surface area contributed by atoms with Gasteiger partial charge in [0.2, 0.25) is 0 Å². The lowest BCUT2D eigenvalue weighted by molar-refractivity contribution is 0.0602.